The molecule has 3 aromatic rings. The van der Waals surface area contributed by atoms with Crippen LogP contribution in [0.15, 0.2) is 66.9 Å². The van der Waals surface area contributed by atoms with Gasteiger partial charge >= 0.3 is 0 Å². The Morgan fingerprint density at radius 3 is 2.62 bits per heavy atom. The molecule has 0 bridgehead atoms. The number of nitrogens with one attached hydrogen (secondary N) is 1. The predicted molar refractivity (Wildman–Crippen MR) is 89.6 cm³/mol. The second-order valence-corrected chi connectivity index (χ2v) is 5.45. The van der Waals surface area contributed by atoms with Gasteiger partial charge < -0.3 is 5.32 Å². The molecule has 21 heavy (non-hydrogen) atoms. The highest BCUT2D eigenvalue weighted by Crippen LogP contribution is 2.22. The van der Waals surface area contributed by atoms with E-state index in [0.29, 0.717) is 6.04 Å². The van der Waals surface area contributed by atoms with Crippen LogP contribution in [-0.4, -0.2) is 11.0 Å². The second-order valence-electron chi connectivity index (χ2n) is 5.45. The number of hydrogen-bond acceptors (Lipinski definition) is 2. The van der Waals surface area contributed by atoms with Crippen LogP contribution in [0.3, 0.4) is 0 Å². The lowest BCUT2D eigenvalue weighted by atomic mass is 10.1. The predicted octanol–water partition coefficient (Wildman–Crippen LogP) is 4.67. The molecule has 0 aliphatic carbocycles. The zero-order chi connectivity index (χ0) is 14.5. The Morgan fingerprint density at radius 2 is 1.76 bits per heavy atom. The highest BCUT2D eigenvalue weighted by atomic mass is 14.9. The topological polar surface area (TPSA) is 24.9 Å². The average molecular weight is 276 g/mol. The fourth-order valence-corrected chi connectivity index (χ4v) is 2.59. The number of aromatic nitrogens is 1. The molecule has 1 heterocycles. The van der Waals surface area contributed by atoms with Crippen LogP contribution in [0.25, 0.3) is 10.9 Å². The van der Waals surface area contributed by atoms with E-state index in [1.807, 2.05) is 12.3 Å². The first-order valence-corrected chi connectivity index (χ1v) is 7.47. The largest absolute Gasteiger partial charge is 0.381 e. The summed E-state index contributed by atoms with van der Waals surface area (Å²) in [6.45, 7) is 2.23. The van der Waals surface area contributed by atoms with Crippen molar-refractivity contribution in [2.45, 2.75) is 25.8 Å². The minimum atomic E-state index is 0.415. The standard InChI is InChI=1S/C19H20N2/c1-15(12-13-16-7-3-2-4-8-16)21-18-11-5-9-17-10-6-14-20-19(17)18/h2-11,14-15,21H,12-13H2,1H3. The molecule has 0 radical (unpaired) electrons. The lowest BCUT2D eigenvalue weighted by Crippen LogP contribution is -2.16. The van der Waals surface area contributed by atoms with Crippen molar-refractivity contribution in [3.8, 4) is 0 Å². The zero-order valence-electron chi connectivity index (χ0n) is 12.3. The number of benzene rings is 2. The monoisotopic (exact) mass is 276 g/mol. The maximum Gasteiger partial charge on any atom is 0.0933 e. The van der Waals surface area contributed by atoms with Crippen molar-refractivity contribution in [2.24, 2.45) is 0 Å². The van der Waals surface area contributed by atoms with Gasteiger partial charge in [0.1, 0.15) is 0 Å². The summed E-state index contributed by atoms with van der Waals surface area (Å²) in [6.07, 6.45) is 4.04. The van der Waals surface area contributed by atoms with E-state index >= 15 is 0 Å². The van der Waals surface area contributed by atoms with Crippen molar-refractivity contribution in [1.82, 2.24) is 4.98 Å². The zero-order valence-corrected chi connectivity index (χ0v) is 12.3. The molecule has 0 aliphatic heterocycles. The lowest BCUT2D eigenvalue weighted by molar-refractivity contribution is 0.707. The van der Waals surface area contributed by atoms with E-state index < -0.39 is 0 Å². The number of nitrogens with zero attached hydrogens (tertiary/aromatic N) is 1. The van der Waals surface area contributed by atoms with Gasteiger partial charge in [0.05, 0.1) is 11.2 Å². The molecule has 1 unspecified atom stereocenters. The Bertz CT molecular complexity index is 702. The Balaban J connectivity index is 1.67. The van der Waals surface area contributed by atoms with Gasteiger partial charge in [-0.25, -0.2) is 0 Å². The fraction of sp³-hybridized carbons (Fsp3) is 0.211. The van der Waals surface area contributed by atoms with E-state index in [1.54, 1.807) is 0 Å². The molecule has 2 heteroatoms. The van der Waals surface area contributed by atoms with Crippen molar-refractivity contribution in [3.05, 3.63) is 72.4 Å². The summed E-state index contributed by atoms with van der Waals surface area (Å²) in [5.41, 5.74) is 3.56. The molecule has 2 aromatic carbocycles. The van der Waals surface area contributed by atoms with Crippen LogP contribution in [0.2, 0.25) is 0 Å². The third-order valence-corrected chi connectivity index (χ3v) is 3.74. The molecule has 0 saturated heterocycles. The van der Waals surface area contributed by atoms with Crippen molar-refractivity contribution < 1.29 is 0 Å². The van der Waals surface area contributed by atoms with Crippen LogP contribution in [0.4, 0.5) is 5.69 Å². The summed E-state index contributed by atoms with van der Waals surface area (Å²) in [7, 11) is 0. The first-order valence-electron chi connectivity index (χ1n) is 7.47. The van der Waals surface area contributed by atoms with Crippen LogP contribution in [0.1, 0.15) is 18.9 Å². The lowest BCUT2D eigenvalue weighted by Gasteiger charge is -2.16. The molecule has 2 nitrogen and oxygen atoms in total. The van der Waals surface area contributed by atoms with Crippen LogP contribution in [0, 0.1) is 0 Å². The van der Waals surface area contributed by atoms with Gasteiger partial charge in [-0.2, -0.15) is 0 Å². The van der Waals surface area contributed by atoms with Crippen LogP contribution in [0.5, 0.6) is 0 Å². The van der Waals surface area contributed by atoms with E-state index in [1.165, 1.54) is 10.9 Å². The molecule has 0 amide bonds. The highest BCUT2D eigenvalue weighted by Gasteiger charge is 2.06. The number of para-hydroxylation sites is 1. The molecule has 106 valence electrons. The van der Waals surface area contributed by atoms with Crippen LogP contribution < -0.4 is 5.32 Å². The number of hydrogen-bond donors (Lipinski definition) is 1. The first kappa shape index (κ1) is 13.6. The van der Waals surface area contributed by atoms with Gasteiger partial charge in [0.15, 0.2) is 0 Å². The SMILES string of the molecule is CC(CCc1ccccc1)Nc1cccc2cccnc12. The molecule has 1 N–H and O–H groups in total. The van der Waals surface area contributed by atoms with Gasteiger partial charge in [-0.15, -0.1) is 0 Å². The first-order chi connectivity index (χ1) is 10.3. The Morgan fingerprint density at radius 1 is 0.952 bits per heavy atom. The highest BCUT2D eigenvalue weighted by molar-refractivity contribution is 5.90. The molecule has 1 aromatic heterocycles. The molecule has 0 saturated carbocycles. The molecule has 0 aliphatic rings. The Hall–Kier alpha value is -2.35. The molecular weight excluding hydrogens is 256 g/mol. The van der Waals surface area contributed by atoms with Gasteiger partial charge in [-0.1, -0.05) is 48.5 Å². The number of pyridine rings is 1. The minimum Gasteiger partial charge on any atom is -0.381 e. The summed E-state index contributed by atoms with van der Waals surface area (Å²) in [6, 6.07) is 21.4. The summed E-state index contributed by atoms with van der Waals surface area (Å²) >= 11 is 0. The van der Waals surface area contributed by atoms with E-state index in [-0.39, 0.29) is 0 Å². The van der Waals surface area contributed by atoms with Crippen molar-refractivity contribution in [2.75, 3.05) is 5.32 Å². The van der Waals surface area contributed by atoms with Gasteiger partial charge in [0.25, 0.3) is 0 Å². The summed E-state index contributed by atoms with van der Waals surface area (Å²) in [5, 5.41) is 4.77. The van der Waals surface area contributed by atoms with Crippen molar-refractivity contribution >= 4 is 16.6 Å². The van der Waals surface area contributed by atoms with Gasteiger partial charge in [0.2, 0.25) is 0 Å². The summed E-state index contributed by atoms with van der Waals surface area (Å²) in [4.78, 5) is 4.49. The number of anilines is 1. The van der Waals surface area contributed by atoms with Crippen LogP contribution >= 0.6 is 0 Å². The molecule has 1 atom stereocenters. The van der Waals surface area contributed by atoms with Gasteiger partial charge in [0, 0.05) is 17.6 Å². The van der Waals surface area contributed by atoms with E-state index in [9.17, 15) is 0 Å². The maximum atomic E-state index is 4.49. The van der Waals surface area contributed by atoms with E-state index in [4.69, 9.17) is 0 Å². The van der Waals surface area contributed by atoms with Gasteiger partial charge in [-0.05, 0) is 37.5 Å². The Kier molecular flexibility index (Phi) is 4.15. The molecule has 0 spiro atoms. The summed E-state index contributed by atoms with van der Waals surface area (Å²) < 4.78 is 0. The summed E-state index contributed by atoms with van der Waals surface area (Å²) in [5.74, 6) is 0. The number of fused-ring (bicyclic) bond motifs is 1. The smallest absolute Gasteiger partial charge is 0.0933 e. The van der Waals surface area contributed by atoms with E-state index in [0.717, 1.165) is 24.0 Å². The average Bonchev–Trinajstić information content (AvgIpc) is 2.54. The van der Waals surface area contributed by atoms with Gasteiger partial charge in [-0.3, -0.25) is 4.98 Å². The molecule has 0 fully saturated rings. The van der Waals surface area contributed by atoms with Crippen molar-refractivity contribution in [3.63, 3.8) is 0 Å². The third kappa shape index (κ3) is 3.40. The second kappa shape index (κ2) is 6.40. The normalized spacial score (nSPS) is 12.2. The third-order valence-electron chi connectivity index (χ3n) is 3.74. The minimum absolute atomic E-state index is 0.415. The Labute approximate surface area is 125 Å². The van der Waals surface area contributed by atoms with Crippen molar-refractivity contribution in [1.29, 1.82) is 0 Å². The van der Waals surface area contributed by atoms with E-state index in [2.05, 4.69) is 71.8 Å². The fourth-order valence-electron chi connectivity index (χ4n) is 2.59. The number of rotatable bonds is 5. The number of aryl methyl sites for hydroxylation is 1. The molecular formula is C19H20N2. The quantitative estimate of drug-likeness (QED) is 0.732. The van der Waals surface area contributed by atoms with Crippen LogP contribution in [-0.2, 0) is 6.42 Å². The molecule has 3 rings (SSSR count). The maximum absolute atomic E-state index is 4.49.